The van der Waals surface area contributed by atoms with Crippen molar-refractivity contribution in [2.75, 3.05) is 25.1 Å². The van der Waals surface area contributed by atoms with Crippen LogP contribution < -0.4 is 10.2 Å². The third kappa shape index (κ3) is 2.84. The number of rotatable bonds is 4. The van der Waals surface area contributed by atoms with Crippen LogP contribution in [0.5, 0.6) is 0 Å². The second-order valence-electron chi connectivity index (χ2n) is 7.61. The van der Waals surface area contributed by atoms with E-state index in [1.54, 1.807) is 12.3 Å². The third-order valence-corrected chi connectivity index (χ3v) is 6.66. The van der Waals surface area contributed by atoms with Gasteiger partial charge >= 0.3 is 6.18 Å². The standard InChI is InChI=1S/C19H19F3N4O2S/c1-18(27-2,19(20,21)22)13-4-3-12(16-23-5-6-29-16)15-14(13)25-17(28-15)26-8-10-7-11(9-26)24-10/h3-6,10-11,24H,7-9H2,1-2H3. The Morgan fingerprint density at radius 1 is 1.28 bits per heavy atom. The lowest BCUT2D eigenvalue weighted by atomic mass is 9.92. The molecule has 10 heteroatoms. The first-order valence-electron chi connectivity index (χ1n) is 9.27. The van der Waals surface area contributed by atoms with Crippen molar-refractivity contribution in [3.63, 3.8) is 0 Å². The Kier molecular flexibility index (Phi) is 4.17. The minimum atomic E-state index is -4.62. The Bertz CT molecular complexity index is 1040. The van der Waals surface area contributed by atoms with E-state index in [0.717, 1.165) is 20.5 Å². The number of piperidine rings is 1. The van der Waals surface area contributed by atoms with E-state index in [9.17, 15) is 13.2 Å². The van der Waals surface area contributed by atoms with Crippen LogP contribution in [0.4, 0.5) is 19.2 Å². The lowest BCUT2D eigenvalue weighted by Crippen LogP contribution is -2.67. The topological polar surface area (TPSA) is 63.4 Å². The summed E-state index contributed by atoms with van der Waals surface area (Å²) in [5.41, 5.74) is -1.50. The SMILES string of the molecule is COC(C)(c1ccc(-c2nccs2)c2oc(N3CC4CC(C3)N4)nc12)C(F)(F)F. The van der Waals surface area contributed by atoms with Gasteiger partial charge < -0.3 is 19.4 Å². The number of methoxy groups -OCH3 is 1. The van der Waals surface area contributed by atoms with E-state index >= 15 is 0 Å². The fraction of sp³-hybridized carbons (Fsp3) is 0.474. The quantitative estimate of drug-likeness (QED) is 0.685. The molecule has 2 bridgehead atoms. The number of benzene rings is 1. The Hall–Kier alpha value is -2.17. The molecule has 3 saturated heterocycles. The van der Waals surface area contributed by atoms with Crippen molar-refractivity contribution in [3.05, 3.63) is 29.3 Å². The average Bonchev–Trinajstić information content (AvgIpc) is 3.35. The van der Waals surface area contributed by atoms with Crippen molar-refractivity contribution < 1.29 is 22.3 Å². The van der Waals surface area contributed by atoms with Crippen LogP contribution in [0.2, 0.25) is 0 Å². The van der Waals surface area contributed by atoms with Crippen molar-refractivity contribution in [1.82, 2.24) is 15.3 Å². The van der Waals surface area contributed by atoms with Crippen LogP contribution in [-0.2, 0) is 10.3 Å². The Labute approximate surface area is 168 Å². The zero-order valence-corrected chi connectivity index (χ0v) is 16.6. The maximum atomic E-state index is 13.9. The first kappa shape index (κ1) is 18.8. The highest BCUT2D eigenvalue weighted by Crippen LogP contribution is 2.46. The molecule has 3 aliphatic heterocycles. The highest BCUT2D eigenvalue weighted by Gasteiger charge is 2.54. The van der Waals surface area contributed by atoms with Crippen molar-refractivity contribution in [2.24, 2.45) is 0 Å². The average molecular weight is 424 g/mol. The molecule has 3 fully saturated rings. The van der Waals surface area contributed by atoms with E-state index in [0.29, 0.717) is 47.3 Å². The Morgan fingerprint density at radius 2 is 2.00 bits per heavy atom. The third-order valence-electron chi connectivity index (χ3n) is 5.85. The summed E-state index contributed by atoms with van der Waals surface area (Å²) >= 11 is 1.39. The summed E-state index contributed by atoms with van der Waals surface area (Å²) in [5.74, 6) is 0. The molecule has 0 aliphatic carbocycles. The number of piperazine rings is 1. The molecule has 0 radical (unpaired) electrons. The minimum absolute atomic E-state index is 0.0712. The number of fused-ring (bicyclic) bond motifs is 3. The molecule has 3 aliphatic rings. The fourth-order valence-corrected chi connectivity index (χ4v) is 4.75. The Balaban J connectivity index is 1.70. The van der Waals surface area contributed by atoms with E-state index in [4.69, 9.17) is 9.15 Å². The number of aromatic nitrogens is 2. The molecule has 0 spiro atoms. The van der Waals surface area contributed by atoms with Crippen molar-refractivity contribution in [2.45, 2.75) is 37.2 Å². The normalized spacial score (nSPS) is 23.8. The fourth-order valence-electron chi connectivity index (χ4n) is 4.09. The van der Waals surface area contributed by atoms with Gasteiger partial charge in [-0.1, -0.05) is 6.07 Å². The van der Waals surface area contributed by atoms with Gasteiger partial charge in [-0.2, -0.15) is 18.2 Å². The maximum Gasteiger partial charge on any atom is 0.421 e. The van der Waals surface area contributed by atoms with E-state index < -0.39 is 11.8 Å². The predicted molar refractivity (Wildman–Crippen MR) is 103 cm³/mol. The molecule has 6 rings (SSSR count). The molecule has 2 aromatic heterocycles. The van der Waals surface area contributed by atoms with Gasteiger partial charge in [-0.3, -0.25) is 0 Å². The molecule has 0 saturated carbocycles. The molecular formula is C19H19F3N4O2S. The second-order valence-corrected chi connectivity index (χ2v) is 8.50. The van der Waals surface area contributed by atoms with Gasteiger partial charge in [-0.25, -0.2) is 4.98 Å². The zero-order valence-electron chi connectivity index (χ0n) is 15.8. The van der Waals surface area contributed by atoms with Crippen LogP contribution in [0.15, 0.2) is 28.1 Å². The molecule has 5 heterocycles. The van der Waals surface area contributed by atoms with Crippen LogP contribution in [0.1, 0.15) is 18.9 Å². The summed E-state index contributed by atoms with van der Waals surface area (Å²) < 4.78 is 52.7. The van der Waals surface area contributed by atoms with E-state index in [1.807, 2.05) is 10.3 Å². The van der Waals surface area contributed by atoms with Gasteiger partial charge in [0.1, 0.15) is 10.5 Å². The number of thiazole rings is 1. The highest BCUT2D eigenvalue weighted by atomic mass is 32.1. The maximum absolute atomic E-state index is 13.9. The van der Waals surface area contributed by atoms with Crippen LogP contribution in [0, 0.1) is 0 Å². The molecule has 6 nitrogen and oxygen atoms in total. The first-order chi connectivity index (χ1) is 13.8. The summed E-state index contributed by atoms with van der Waals surface area (Å²) in [4.78, 5) is 10.8. The van der Waals surface area contributed by atoms with Gasteiger partial charge in [0.05, 0.1) is 5.56 Å². The van der Waals surface area contributed by atoms with E-state index in [-0.39, 0.29) is 11.1 Å². The largest absolute Gasteiger partial charge is 0.423 e. The van der Waals surface area contributed by atoms with Gasteiger partial charge in [0, 0.05) is 49.4 Å². The summed E-state index contributed by atoms with van der Waals surface area (Å²) in [7, 11) is 1.05. The molecule has 1 aromatic carbocycles. The monoisotopic (exact) mass is 424 g/mol. The molecule has 3 aromatic rings. The molecule has 0 amide bonds. The van der Waals surface area contributed by atoms with Crippen molar-refractivity contribution in [1.29, 1.82) is 0 Å². The van der Waals surface area contributed by atoms with Gasteiger partial charge in [-0.15, -0.1) is 11.3 Å². The zero-order chi connectivity index (χ0) is 20.4. The van der Waals surface area contributed by atoms with Crippen LogP contribution in [0.3, 0.4) is 0 Å². The van der Waals surface area contributed by atoms with Crippen LogP contribution in [-0.4, -0.2) is 48.4 Å². The van der Waals surface area contributed by atoms with Crippen molar-refractivity contribution in [3.8, 4) is 10.6 Å². The van der Waals surface area contributed by atoms with Crippen molar-refractivity contribution >= 4 is 28.5 Å². The smallest absolute Gasteiger partial charge is 0.421 e. The number of hydrogen-bond donors (Lipinski definition) is 1. The predicted octanol–water partition coefficient (Wildman–Crippen LogP) is 3.93. The number of nitrogens with one attached hydrogen (secondary N) is 1. The number of anilines is 1. The van der Waals surface area contributed by atoms with E-state index in [2.05, 4.69) is 15.3 Å². The first-order valence-corrected chi connectivity index (χ1v) is 10.1. The summed E-state index contributed by atoms with van der Waals surface area (Å²) in [6.07, 6.45) is -1.87. The molecule has 1 N–H and O–H groups in total. The Morgan fingerprint density at radius 3 is 2.59 bits per heavy atom. The number of ether oxygens (including phenoxy) is 1. The lowest BCUT2D eigenvalue weighted by molar-refractivity contribution is -0.268. The van der Waals surface area contributed by atoms with Gasteiger partial charge in [0.2, 0.25) is 0 Å². The molecular weight excluding hydrogens is 405 g/mol. The number of halogens is 3. The molecule has 3 unspecified atom stereocenters. The molecule has 29 heavy (non-hydrogen) atoms. The lowest BCUT2D eigenvalue weighted by Gasteiger charge is -2.47. The number of nitrogens with zero attached hydrogens (tertiary/aromatic N) is 3. The summed E-state index contributed by atoms with van der Waals surface area (Å²) in [6.45, 7) is 2.44. The molecule has 154 valence electrons. The molecule has 3 atom stereocenters. The van der Waals surface area contributed by atoms with Gasteiger partial charge in [0.15, 0.2) is 11.2 Å². The number of alkyl halides is 3. The summed E-state index contributed by atoms with van der Waals surface area (Å²) in [6, 6.07) is 4.07. The summed E-state index contributed by atoms with van der Waals surface area (Å²) in [5, 5.41) is 5.90. The van der Waals surface area contributed by atoms with Gasteiger partial charge in [-0.05, 0) is 19.4 Å². The van der Waals surface area contributed by atoms with E-state index in [1.165, 1.54) is 17.4 Å². The van der Waals surface area contributed by atoms with Gasteiger partial charge in [0.25, 0.3) is 6.01 Å². The van der Waals surface area contributed by atoms with Crippen LogP contribution >= 0.6 is 11.3 Å². The minimum Gasteiger partial charge on any atom is -0.423 e. The number of oxazole rings is 1. The van der Waals surface area contributed by atoms with Crippen LogP contribution in [0.25, 0.3) is 21.7 Å². The number of hydrogen-bond acceptors (Lipinski definition) is 7. The second kappa shape index (κ2) is 6.41. The highest BCUT2D eigenvalue weighted by molar-refractivity contribution is 7.13.